The van der Waals surface area contributed by atoms with Gasteiger partial charge in [-0.1, -0.05) is 13.3 Å². The summed E-state index contributed by atoms with van der Waals surface area (Å²) in [5.41, 5.74) is 0. The van der Waals surface area contributed by atoms with Crippen LogP contribution in [0.5, 0.6) is 0 Å². The summed E-state index contributed by atoms with van der Waals surface area (Å²) in [6.45, 7) is 2.69. The van der Waals surface area contributed by atoms with Gasteiger partial charge in [0.1, 0.15) is 0 Å². The molecule has 0 aromatic carbocycles. The molecule has 1 unspecified atom stereocenters. The molecular formula is C9H18ClNOS. The number of hydrogen-bond donors (Lipinski definition) is 1. The van der Waals surface area contributed by atoms with Crippen LogP contribution >= 0.6 is 23.4 Å². The number of rotatable bonds is 7. The number of nitrogens with one attached hydrogen (secondary N) is 1. The first kappa shape index (κ1) is 13.1. The van der Waals surface area contributed by atoms with E-state index in [0.29, 0.717) is 13.0 Å². The van der Waals surface area contributed by atoms with Gasteiger partial charge in [-0.2, -0.15) is 11.8 Å². The van der Waals surface area contributed by atoms with Gasteiger partial charge >= 0.3 is 0 Å². The second-order valence-corrected chi connectivity index (χ2v) is 4.54. The van der Waals surface area contributed by atoms with Gasteiger partial charge in [0.15, 0.2) is 0 Å². The van der Waals surface area contributed by atoms with Crippen molar-refractivity contribution in [2.75, 3.05) is 18.6 Å². The summed E-state index contributed by atoms with van der Waals surface area (Å²) in [5, 5.41) is 2.90. The van der Waals surface area contributed by atoms with Crippen LogP contribution in [-0.4, -0.2) is 29.8 Å². The molecule has 0 aliphatic heterocycles. The zero-order chi connectivity index (χ0) is 10.1. The van der Waals surface area contributed by atoms with Gasteiger partial charge in [-0.25, -0.2) is 0 Å². The topological polar surface area (TPSA) is 29.1 Å². The van der Waals surface area contributed by atoms with E-state index < -0.39 is 0 Å². The summed E-state index contributed by atoms with van der Waals surface area (Å²) in [6.07, 6.45) is 4.62. The molecule has 1 atom stereocenters. The molecule has 1 amide bonds. The van der Waals surface area contributed by atoms with Crippen LogP contribution in [0.15, 0.2) is 0 Å². The lowest BCUT2D eigenvalue weighted by molar-refractivity contribution is -0.120. The fraction of sp³-hybridized carbons (Fsp3) is 0.889. The summed E-state index contributed by atoms with van der Waals surface area (Å²) >= 11 is 7.62. The highest BCUT2D eigenvalue weighted by molar-refractivity contribution is 7.98. The van der Waals surface area contributed by atoms with Gasteiger partial charge in [0.05, 0.1) is 5.38 Å². The molecule has 13 heavy (non-hydrogen) atoms. The van der Waals surface area contributed by atoms with Crippen molar-refractivity contribution >= 4 is 29.3 Å². The van der Waals surface area contributed by atoms with Crippen molar-refractivity contribution in [3.63, 3.8) is 0 Å². The van der Waals surface area contributed by atoms with Crippen LogP contribution in [0.4, 0.5) is 0 Å². The molecule has 0 aromatic heterocycles. The van der Waals surface area contributed by atoms with Gasteiger partial charge in [-0.05, 0) is 12.7 Å². The monoisotopic (exact) mass is 223 g/mol. The second kappa shape index (κ2) is 8.70. The number of amides is 1. The zero-order valence-electron chi connectivity index (χ0n) is 8.31. The minimum absolute atomic E-state index is 0.0863. The van der Waals surface area contributed by atoms with Crippen molar-refractivity contribution < 1.29 is 4.79 Å². The Kier molecular flexibility index (Phi) is 8.77. The highest BCUT2D eigenvalue weighted by atomic mass is 35.5. The molecule has 1 N–H and O–H groups in total. The van der Waals surface area contributed by atoms with E-state index in [1.165, 1.54) is 0 Å². The minimum Gasteiger partial charge on any atom is -0.355 e. The first-order valence-electron chi connectivity index (χ1n) is 4.60. The zero-order valence-corrected chi connectivity index (χ0v) is 9.88. The third kappa shape index (κ3) is 8.44. The Balaban J connectivity index is 3.34. The van der Waals surface area contributed by atoms with Crippen LogP contribution < -0.4 is 5.32 Å². The molecule has 2 nitrogen and oxygen atoms in total. The lowest BCUT2D eigenvalue weighted by Crippen LogP contribution is -2.29. The fourth-order valence-electron chi connectivity index (χ4n) is 0.923. The molecule has 0 radical (unpaired) electrons. The number of thioether (sulfide) groups is 1. The summed E-state index contributed by atoms with van der Waals surface area (Å²) in [7, 11) is 0. The molecule has 0 aliphatic carbocycles. The fourth-order valence-corrected chi connectivity index (χ4v) is 1.61. The van der Waals surface area contributed by atoms with E-state index in [2.05, 4.69) is 12.2 Å². The van der Waals surface area contributed by atoms with Crippen LogP contribution in [0.3, 0.4) is 0 Å². The Bertz CT molecular complexity index is 144. The van der Waals surface area contributed by atoms with Crippen LogP contribution in [0, 0.1) is 0 Å². The summed E-state index contributed by atoms with van der Waals surface area (Å²) in [4.78, 5) is 11.1. The predicted octanol–water partition coefficient (Wildman–Crippen LogP) is 2.26. The highest BCUT2D eigenvalue weighted by Crippen LogP contribution is 2.03. The van der Waals surface area contributed by atoms with Gasteiger partial charge in [-0.3, -0.25) is 4.79 Å². The van der Waals surface area contributed by atoms with Gasteiger partial charge in [0, 0.05) is 18.7 Å². The third-order valence-electron chi connectivity index (χ3n) is 1.66. The van der Waals surface area contributed by atoms with Crippen molar-refractivity contribution in [2.24, 2.45) is 0 Å². The molecule has 0 aromatic rings. The maximum atomic E-state index is 11.1. The molecule has 0 bridgehead atoms. The Morgan fingerprint density at radius 2 is 2.31 bits per heavy atom. The summed E-state index contributed by atoms with van der Waals surface area (Å²) in [5.74, 6) is 0.989. The smallest absolute Gasteiger partial charge is 0.220 e. The molecule has 0 aliphatic rings. The molecule has 0 saturated heterocycles. The number of hydrogen-bond acceptors (Lipinski definition) is 2. The van der Waals surface area contributed by atoms with Crippen LogP contribution in [-0.2, 0) is 4.79 Å². The standard InChI is InChI=1S/C9H18ClNOS/c1-3-4-8(10)7-11-9(12)5-6-13-2/h8H,3-7H2,1-2H3,(H,11,12). The van der Waals surface area contributed by atoms with Crippen molar-refractivity contribution in [1.82, 2.24) is 5.32 Å². The van der Waals surface area contributed by atoms with Gasteiger partial charge in [-0.15, -0.1) is 11.6 Å². The Hall–Kier alpha value is 0.110. The van der Waals surface area contributed by atoms with E-state index in [1.807, 2.05) is 6.26 Å². The Morgan fingerprint density at radius 1 is 1.62 bits per heavy atom. The van der Waals surface area contributed by atoms with E-state index in [0.717, 1.165) is 18.6 Å². The molecule has 0 heterocycles. The van der Waals surface area contributed by atoms with Gasteiger partial charge < -0.3 is 5.32 Å². The van der Waals surface area contributed by atoms with Crippen LogP contribution in [0.2, 0.25) is 0 Å². The largest absolute Gasteiger partial charge is 0.355 e. The van der Waals surface area contributed by atoms with E-state index in [-0.39, 0.29) is 11.3 Å². The summed E-state index contributed by atoms with van der Waals surface area (Å²) in [6, 6.07) is 0. The van der Waals surface area contributed by atoms with E-state index in [4.69, 9.17) is 11.6 Å². The molecule has 0 saturated carbocycles. The van der Waals surface area contributed by atoms with Crippen molar-refractivity contribution in [3.8, 4) is 0 Å². The van der Waals surface area contributed by atoms with Crippen molar-refractivity contribution in [1.29, 1.82) is 0 Å². The van der Waals surface area contributed by atoms with E-state index in [9.17, 15) is 4.79 Å². The van der Waals surface area contributed by atoms with Crippen molar-refractivity contribution in [2.45, 2.75) is 31.6 Å². The van der Waals surface area contributed by atoms with Gasteiger partial charge in [0.2, 0.25) is 5.91 Å². The SMILES string of the molecule is CCCC(Cl)CNC(=O)CCSC. The van der Waals surface area contributed by atoms with E-state index in [1.54, 1.807) is 11.8 Å². The Labute approximate surface area is 89.8 Å². The number of carbonyl (C=O) groups is 1. The van der Waals surface area contributed by atoms with Gasteiger partial charge in [0.25, 0.3) is 0 Å². The lowest BCUT2D eigenvalue weighted by atomic mass is 10.2. The summed E-state index contributed by atoms with van der Waals surface area (Å²) < 4.78 is 0. The van der Waals surface area contributed by atoms with Crippen LogP contribution in [0.25, 0.3) is 0 Å². The quantitative estimate of drug-likeness (QED) is 0.671. The molecule has 4 heteroatoms. The predicted molar refractivity (Wildman–Crippen MR) is 60.6 cm³/mol. The normalized spacial score (nSPS) is 12.5. The lowest BCUT2D eigenvalue weighted by Gasteiger charge is -2.09. The maximum Gasteiger partial charge on any atom is 0.220 e. The third-order valence-corrected chi connectivity index (χ3v) is 2.64. The molecule has 0 rings (SSSR count). The Morgan fingerprint density at radius 3 is 2.85 bits per heavy atom. The average molecular weight is 224 g/mol. The van der Waals surface area contributed by atoms with E-state index >= 15 is 0 Å². The number of halogens is 1. The number of carbonyl (C=O) groups excluding carboxylic acids is 1. The minimum atomic E-state index is 0.0863. The van der Waals surface area contributed by atoms with Crippen LogP contribution in [0.1, 0.15) is 26.2 Å². The molecular weight excluding hydrogens is 206 g/mol. The number of alkyl halides is 1. The first-order chi connectivity index (χ1) is 6.20. The van der Waals surface area contributed by atoms with Crippen molar-refractivity contribution in [3.05, 3.63) is 0 Å². The average Bonchev–Trinajstić information content (AvgIpc) is 2.12. The molecule has 78 valence electrons. The maximum absolute atomic E-state index is 11.1. The second-order valence-electron chi connectivity index (χ2n) is 2.93. The molecule has 0 spiro atoms. The molecule has 0 fully saturated rings. The highest BCUT2D eigenvalue weighted by Gasteiger charge is 2.05. The first-order valence-corrected chi connectivity index (χ1v) is 6.43.